The highest BCUT2D eigenvalue weighted by atomic mass is 16.6. The Kier molecular flexibility index (Phi) is 5.99. The van der Waals surface area contributed by atoms with Crippen LogP contribution in [0.25, 0.3) is 11.2 Å². The summed E-state index contributed by atoms with van der Waals surface area (Å²) < 4.78 is 6.96. The van der Waals surface area contributed by atoms with Gasteiger partial charge in [0.05, 0.1) is 19.5 Å². The molecule has 148 valence electrons. The van der Waals surface area contributed by atoms with Crippen molar-refractivity contribution in [3.8, 4) is 0 Å². The van der Waals surface area contributed by atoms with Gasteiger partial charge in [0.2, 0.25) is 0 Å². The van der Waals surface area contributed by atoms with Crippen molar-refractivity contribution in [1.82, 2.24) is 19.5 Å². The van der Waals surface area contributed by atoms with E-state index in [0.717, 1.165) is 5.57 Å². The molecule has 11 heteroatoms. The molecule has 1 aliphatic heterocycles. The van der Waals surface area contributed by atoms with E-state index < -0.39 is 37.3 Å². The third kappa shape index (κ3) is 3.78. The van der Waals surface area contributed by atoms with Gasteiger partial charge in [-0.25, -0.2) is 15.0 Å². The lowest BCUT2D eigenvalue weighted by atomic mass is 9.98. The maximum Gasteiger partial charge on any atom is 0.167 e. The van der Waals surface area contributed by atoms with Crippen LogP contribution in [0.15, 0.2) is 24.3 Å². The van der Waals surface area contributed by atoms with Crippen LogP contribution in [0.5, 0.6) is 0 Å². The summed E-state index contributed by atoms with van der Waals surface area (Å²) in [6.45, 7) is 1.66. The number of nitrogens with zero attached hydrogens (tertiary/aromatic N) is 4. The minimum atomic E-state index is -1.50. The number of aliphatic hydroxyl groups is 5. The molecule has 11 nitrogen and oxygen atoms in total. The van der Waals surface area contributed by atoms with E-state index in [0.29, 0.717) is 23.5 Å². The largest absolute Gasteiger partial charge is 0.394 e. The Morgan fingerprint density at radius 2 is 1.96 bits per heavy atom. The number of anilines is 1. The summed E-state index contributed by atoms with van der Waals surface area (Å²) in [4.78, 5) is 12.6. The molecule has 0 saturated carbocycles. The Balaban J connectivity index is 1.89. The molecule has 1 fully saturated rings. The van der Waals surface area contributed by atoms with Crippen molar-refractivity contribution < 1.29 is 30.3 Å². The summed E-state index contributed by atoms with van der Waals surface area (Å²) in [7, 11) is 0. The number of ether oxygens (including phenoxy) is 1. The number of aromatic nitrogens is 4. The van der Waals surface area contributed by atoms with Crippen molar-refractivity contribution >= 4 is 17.0 Å². The highest BCUT2D eigenvalue weighted by molar-refractivity contribution is 5.82. The van der Waals surface area contributed by atoms with Crippen LogP contribution < -0.4 is 5.32 Å². The molecule has 0 amide bonds. The van der Waals surface area contributed by atoms with E-state index in [9.17, 15) is 20.4 Å². The number of nitrogens with one attached hydrogen (secondary N) is 1. The molecule has 2 aromatic rings. The molecule has 0 bridgehead atoms. The molecule has 1 saturated heterocycles. The van der Waals surface area contributed by atoms with Crippen LogP contribution in [0, 0.1) is 0 Å². The Morgan fingerprint density at radius 1 is 1.19 bits per heavy atom. The fourth-order valence-corrected chi connectivity index (χ4v) is 2.87. The number of hydrogen-bond acceptors (Lipinski definition) is 10. The van der Waals surface area contributed by atoms with Crippen molar-refractivity contribution in [3.63, 3.8) is 0 Å². The van der Waals surface area contributed by atoms with Crippen LogP contribution >= 0.6 is 0 Å². The number of fused-ring (bicyclic) bond motifs is 1. The van der Waals surface area contributed by atoms with E-state index >= 15 is 0 Å². The molecule has 6 N–H and O–H groups in total. The SMILES string of the molecule is CC(=CCNc1ncnc2c1ncn2[C@@H]1O[C@H](CO)[C@@H](O)[C@H](O)[C@H]1O)CO. The molecule has 27 heavy (non-hydrogen) atoms. The van der Waals surface area contributed by atoms with E-state index in [1.165, 1.54) is 17.2 Å². The molecular weight excluding hydrogens is 358 g/mol. The lowest BCUT2D eigenvalue weighted by Crippen LogP contribution is -2.56. The third-order valence-corrected chi connectivity index (χ3v) is 4.47. The smallest absolute Gasteiger partial charge is 0.167 e. The summed E-state index contributed by atoms with van der Waals surface area (Å²) in [5, 5.41) is 51.6. The molecule has 0 spiro atoms. The Morgan fingerprint density at radius 3 is 2.67 bits per heavy atom. The Bertz CT molecular complexity index is 810. The minimum absolute atomic E-state index is 0.0351. The van der Waals surface area contributed by atoms with Crippen LogP contribution in [0.3, 0.4) is 0 Å². The fourth-order valence-electron chi connectivity index (χ4n) is 2.87. The first-order chi connectivity index (χ1) is 13.0. The van der Waals surface area contributed by atoms with Gasteiger partial charge in [-0.05, 0) is 6.92 Å². The first-order valence-corrected chi connectivity index (χ1v) is 8.46. The van der Waals surface area contributed by atoms with Crippen molar-refractivity contribution in [2.45, 2.75) is 37.6 Å². The van der Waals surface area contributed by atoms with Gasteiger partial charge in [-0.2, -0.15) is 0 Å². The second kappa shape index (κ2) is 8.25. The van der Waals surface area contributed by atoms with Gasteiger partial charge in [-0.3, -0.25) is 4.57 Å². The van der Waals surface area contributed by atoms with Crippen LogP contribution in [0.2, 0.25) is 0 Å². The Labute approximate surface area is 154 Å². The zero-order valence-electron chi connectivity index (χ0n) is 14.7. The number of aliphatic hydroxyl groups excluding tert-OH is 5. The monoisotopic (exact) mass is 381 g/mol. The van der Waals surface area contributed by atoms with Gasteiger partial charge in [0, 0.05) is 6.54 Å². The van der Waals surface area contributed by atoms with E-state index in [-0.39, 0.29) is 6.61 Å². The molecule has 0 aromatic carbocycles. The molecule has 0 aliphatic carbocycles. The summed E-state index contributed by atoms with van der Waals surface area (Å²) in [5.41, 5.74) is 1.57. The summed E-state index contributed by atoms with van der Waals surface area (Å²) in [6.07, 6.45) is -2.00. The zero-order chi connectivity index (χ0) is 19.6. The quantitative estimate of drug-likeness (QED) is 0.313. The first kappa shape index (κ1) is 19.6. The summed E-state index contributed by atoms with van der Waals surface area (Å²) in [5.74, 6) is 0.449. The fraction of sp³-hybridized carbons (Fsp3) is 0.562. The average molecular weight is 381 g/mol. The van der Waals surface area contributed by atoms with Crippen molar-refractivity contribution in [3.05, 3.63) is 24.3 Å². The Hall–Kier alpha value is -2.15. The number of imidazole rings is 1. The van der Waals surface area contributed by atoms with Gasteiger partial charge in [0.15, 0.2) is 23.2 Å². The molecule has 1 aliphatic rings. The summed E-state index contributed by atoms with van der Waals surface area (Å²) >= 11 is 0. The number of rotatable bonds is 6. The maximum atomic E-state index is 10.3. The van der Waals surface area contributed by atoms with Gasteiger partial charge in [-0.1, -0.05) is 11.6 Å². The zero-order valence-corrected chi connectivity index (χ0v) is 14.7. The van der Waals surface area contributed by atoms with Crippen LogP contribution in [-0.4, -0.2) is 89.2 Å². The molecule has 3 heterocycles. The second-order valence-electron chi connectivity index (χ2n) is 6.36. The van der Waals surface area contributed by atoms with Crippen LogP contribution in [0.1, 0.15) is 13.2 Å². The van der Waals surface area contributed by atoms with E-state index in [2.05, 4.69) is 20.3 Å². The minimum Gasteiger partial charge on any atom is -0.394 e. The van der Waals surface area contributed by atoms with Gasteiger partial charge in [0.25, 0.3) is 0 Å². The summed E-state index contributed by atoms with van der Waals surface area (Å²) in [6, 6.07) is 0. The molecule has 2 aromatic heterocycles. The molecule has 3 rings (SSSR count). The van der Waals surface area contributed by atoms with E-state index in [1.54, 1.807) is 6.92 Å². The van der Waals surface area contributed by atoms with Gasteiger partial charge < -0.3 is 35.6 Å². The number of hydrogen-bond donors (Lipinski definition) is 6. The van der Waals surface area contributed by atoms with Crippen LogP contribution in [-0.2, 0) is 4.74 Å². The van der Waals surface area contributed by atoms with Crippen LogP contribution in [0.4, 0.5) is 5.82 Å². The van der Waals surface area contributed by atoms with Gasteiger partial charge in [0.1, 0.15) is 30.7 Å². The maximum absolute atomic E-state index is 10.3. The standard InChI is InChI=1S/C16H23N5O6/c1-8(4-22)2-3-17-14-10-15(19-6-18-14)21(7-20-10)16-13(26)12(25)11(24)9(5-23)27-16/h2,6-7,9,11-13,16,22-26H,3-5H2,1H3,(H,17,18,19)/t9-,11-,12+,13-,16-/m1/s1. The molecule has 5 atom stereocenters. The lowest BCUT2D eigenvalue weighted by molar-refractivity contribution is -0.250. The normalized spacial score (nSPS) is 29.3. The van der Waals surface area contributed by atoms with E-state index in [4.69, 9.17) is 9.84 Å². The molecular formula is C16H23N5O6. The van der Waals surface area contributed by atoms with Crippen molar-refractivity contribution in [2.24, 2.45) is 0 Å². The lowest BCUT2D eigenvalue weighted by Gasteiger charge is -2.40. The molecule has 0 unspecified atom stereocenters. The van der Waals surface area contributed by atoms with Crippen molar-refractivity contribution in [2.75, 3.05) is 25.1 Å². The highest BCUT2D eigenvalue weighted by Gasteiger charge is 2.44. The van der Waals surface area contributed by atoms with Gasteiger partial charge >= 0.3 is 0 Å². The average Bonchev–Trinajstić information content (AvgIpc) is 3.11. The highest BCUT2D eigenvalue weighted by Crippen LogP contribution is 2.31. The van der Waals surface area contributed by atoms with Crippen molar-refractivity contribution in [1.29, 1.82) is 0 Å². The second-order valence-corrected chi connectivity index (χ2v) is 6.36. The first-order valence-electron chi connectivity index (χ1n) is 8.46. The van der Waals surface area contributed by atoms with E-state index in [1.807, 2.05) is 6.08 Å². The topological polar surface area (TPSA) is 166 Å². The predicted octanol–water partition coefficient (Wildman–Crippen LogP) is -1.85. The van der Waals surface area contributed by atoms with Gasteiger partial charge in [-0.15, -0.1) is 0 Å². The molecule has 0 radical (unpaired) electrons. The predicted molar refractivity (Wildman–Crippen MR) is 93.7 cm³/mol. The third-order valence-electron chi connectivity index (χ3n) is 4.47.